The van der Waals surface area contributed by atoms with Gasteiger partial charge in [-0.2, -0.15) is 0 Å². The van der Waals surface area contributed by atoms with E-state index in [0.717, 1.165) is 12.8 Å². The first-order valence-corrected chi connectivity index (χ1v) is 5.02. The second-order valence-corrected chi connectivity index (χ2v) is 3.57. The molecule has 0 N–H and O–H groups in total. The van der Waals surface area contributed by atoms with Gasteiger partial charge in [-0.15, -0.1) is 0 Å². The van der Waals surface area contributed by atoms with E-state index in [1.807, 2.05) is 0 Å². The molecule has 1 saturated heterocycles. The molecule has 1 aliphatic heterocycles. The number of hydrogen-bond acceptors (Lipinski definition) is 4. The van der Waals surface area contributed by atoms with Crippen LogP contribution in [0.25, 0.3) is 0 Å². The highest BCUT2D eigenvalue weighted by atomic mass is 16.5. The van der Waals surface area contributed by atoms with E-state index >= 15 is 0 Å². The maximum atomic E-state index is 11.6. The number of ether oxygens (including phenoxy) is 1. The van der Waals surface area contributed by atoms with Crippen molar-refractivity contribution in [3.8, 4) is 0 Å². The zero-order valence-electron chi connectivity index (χ0n) is 8.77. The molecule has 0 spiro atoms. The minimum atomic E-state index is -0.270. The number of likely N-dealkylation sites (tertiary alicyclic amines) is 1. The second kappa shape index (κ2) is 5.48. The van der Waals surface area contributed by atoms with Gasteiger partial charge in [0.15, 0.2) is 5.78 Å². The molecule has 0 bridgehead atoms. The summed E-state index contributed by atoms with van der Waals surface area (Å²) in [4.78, 5) is 34.3. The molecule has 0 saturated carbocycles. The number of amides is 1. The fourth-order valence-electron chi connectivity index (χ4n) is 1.83. The summed E-state index contributed by atoms with van der Waals surface area (Å²) in [5.74, 6) is -0.0910. The average molecular weight is 213 g/mol. The van der Waals surface area contributed by atoms with E-state index in [1.54, 1.807) is 4.90 Å². The van der Waals surface area contributed by atoms with Crippen LogP contribution in [0.15, 0.2) is 0 Å². The van der Waals surface area contributed by atoms with Crippen LogP contribution >= 0.6 is 0 Å². The van der Waals surface area contributed by atoms with E-state index in [0.29, 0.717) is 13.0 Å². The van der Waals surface area contributed by atoms with Crippen LogP contribution in [0.2, 0.25) is 0 Å². The second-order valence-electron chi connectivity index (χ2n) is 3.57. The SMILES string of the molecule is CC(=O)C1CCCN1C(=O)CCOC=O. The van der Waals surface area contributed by atoms with Crippen LogP contribution in [-0.4, -0.2) is 42.3 Å². The topological polar surface area (TPSA) is 63.7 Å². The van der Waals surface area contributed by atoms with Crippen molar-refractivity contribution in [2.75, 3.05) is 13.2 Å². The van der Waals surface area contributed by atoms with Gasteiger partial charge < -0.3 is 9.64 Å². The normalized spacial score (nSPS) is 20.1. The largest absolute Gasteiger partial charge is 0.467 e. The maximum absolute atomic E-state index is 11.6. The lowest BCUT2D eigenvalue weighted by Crippen LogP contribution is -2.39. The van der Waals surface area contributed by atoms with Gasteiger partial charge >= 0.3 is 0 Å². The Morgan fingerprint density at radius 2 is 2.27 bits per heavy atom. The van der Waals surface area contributed by atoms with Gasteiger partial charge in [0.25, 0.3) is 6.47 Å². The van der Waals surface area contributed by atoms with Gasteiger partial charge in [0.1, 0.15) is 0 Å². The third kappa shape index (κ3) is 3.04. The molecular weight excluding hydrogens is 198 g/mol. The summed E-state index contributed by atoms with van der Waals surface area (Å²) in [5.41, 5.74) is 0. The van der Waals surface area contributed by atoms with Crippen LogP contribution in [0.4, 0.5) is 0 Å². The quantitative estimate of drug-likeness (QED) is 0.481. The lowest BCUT2D eigenvalue weighted by Gasteiger charge is -2.22. The highest BCUT2D eigenvalue weighted by Gasteiger charge is 2.31. The predicted octanol–water partition coefficient (Wildman–Crippen LogP) is 0.129. The fourth-order valence-corrected chi connectivity index (χ4v) is 1.83. The first-order chi connectivity index (χ1) is 7.16. The highest BCUT2D eigenvalue weighted by Crippen LogP contribution is 2.18. The molecule has 0 aliphatic carbocycles. The van der Waals surface area contributed by atoms with Crippen molar-refractivity contribution < 1.29 is 19.1 Å². The Morgan fingerprint density at radius 3 is 2.87 bits per heavy atom. The number of ketones is 1. The summed E-state index contributed by atoms with van der Waals surface area (Å²) in [6.45, 7) is 2.53. The first-order valence-electron chi connectivity index (χ1n) is 5.02. The van der Waals surface area contributed by atoms with E-state index in [4.69, 9.17) is 0 Å². The summed E-state index contributed by atoms with van der Waals surface area (Å²) in [6.07, 6.45) is 1.77. The van der Waals surface area contributed by atoms with Crippen LogP contribution < -0.4 is 0 Å². The number of rotatable bonds is 5. The molecule has 15 heavy (non-hydrogen) atoms. The van der Waals surface area contributed by atoms with Crippen molar-refractivity contribution in [3.05, 3.63) is 0 Å². The number of carbonyl (C=O) groups excluding carboxylic acids is 3. The van der Waals surface area contributed by atoms with Crippen LogP contribution in [0, 0.1) is 0 Å². The summed E-state index contributed by atoms with van der Waals surface area (Å²) >= 11 is 0. The molecular formula is C10H15NO4. The maximum Gasteiger partial charge on any atom is 0.293 e. The molecule has 0 aromatic rings. The van der Waals surface area contributed by atoms with Crippen LogP contribution in [0.3, 0.4) is 0 Å². The van der Waals surface area contributed by atoms with Crippen LogP contribution in [0.5, 0.6) is 0 Å². The third-order valence-corrected chi connectivity index (χ3v) is 2.54. The Balaban J connectivity index is 2.43. The standard InChI is InChI=1S/C10H15NO4/c1-8(13)9-3-2-5-11(9)10(14)4-6-15-7-12/h7,9H,2-6H2,1H3. The Labute approximate surface area is 88.4 Å². The zero-order valence-corrected chi connectivity index (χ0v) is 8.77. The summed E-state index contributed by atoms with van der Waals surface area (Å²) in [5, 5.41) is 0. The Bertz CT molecular complexity index is 264. The summed E-state index contributed by atoms with van der Waals surface area (Å²) < 4.78 is 4.45. The average Bonchev–Trinajstić information content (AvgIpc) is 2.66. The molecule has 0 aromatic heterocycles. The van der Waals surface area contributed by atoms with Gasteiger partial charge in [-0.25, -0.2) is 0 Å². The van der Waals surface area contributed by atoms with Gasteiger partial charge in [0, 0.05) is 6.54 Å². The fraction of sp³-hybridized carbons (Fsp3) is 0.700. The molecule has 0 aromatic carbocycles. The van der Waals surface area contributed by atoms with Crippen molar-refractivity contribution in [1.29, 1.82) is 0 Å². The Morgan fingerprint density at radius 1 is 1.53 bits per heavy atom. The molecule has 1 rings (SSSR count). The van der Waals surface area contributed by atoms with Crippen molar-refractivity contribution >= 4 is 18.2 Å². The molecule has 1 fully saturated rings. The molecule has 0 radical (unpaired) electrons. The number of nitrogens with zero attached hydrogens (tertiary/aromatic N) is 1. The Hall–Kier alpha value is -1.39. The summed E-state index contributed by atoms with van der Waals surface area (Å²) in [7, 11) is 0. The van der Waals surface area contributed by atoms with E-state index in [1.165, 1.54) is 6.92 Å². The van der Waals surface area contributed by atoms with Gasteiger partial charge in [-0.1, -0.05) is 0 Å². The molecule has 5 heteroatoms. The molecule has 84 valence electrons. The van der Waals surface area contributed by atoms with E-state index in [-0.39, 0.29) is 30.8 Å². The van der Waals surface area contributed by atoms with Gasteiger partial charge in [0.2, 0.25) is 5.91 Å². The van der Waals surface area contributed by atoms with E-state index < -0.39 is 0 Å². The molecule has 1 aliphatic rings. The summed E-state index contributed by atoms with van der Waals surface area (Å²) in [6, 6.07) is -0.270. The lowest BCUT2D eigenvalue weighted by molar-refractivity contribution is -0.139. The van der Waals surface area contributed by atoms with Crippen molar-refractivity contribution in [2.24, 2.45) is 0 Å². The molecule has 1 atom stereocenters. The van der Waals surface area contributed by atoms with E-state index in [2.05, 4.69) is 4.74 Å². The monoisotopic (exact) mass is 213 g/mol. The first kappa shape index (κ1) is 11.7. The minimum Gasteiger partial charge on any atom is -0.467 e. The van der Waals surface area contributed by atoms with Crippen molar-refractivity contribution in [2.45, 2.75) is 32.2 Å². The third-order valence-electron chi connectivity index (χ3n) is 2.54. The number of hydrogen-bond donors (Lipinski definition) is 0. The molecule has 5 nitrogen and oxygen atoms in total. The number of Topliss-reactive ketones (excluding diaryl/α,β-unsaturated/α-hetero) is 1. The molecule has 1 amide bonds. The highest BCUT2D eigenvalue weighted by molar-refractivity contribution is 5.88. The predicted molar refractivity (Wildman–Crippen MR) is 52.0 cm³/mol. The van der Waals surface area contributed by atoms with Gasteiger partial charge in [-0.3, -0.25) is 14.4 Å². The van der Waals surface area contributed by atoms with Gasteiger partial charge in [-0.05, 0) is 19.8 Å². The van der Waals surface area contributed by atoms with Crippen LogP contribution in [-0.2, 0) is 19.1 Å². The molecule has 1 unspecified atom stereocenters. The van der Waals surface area contributed by atoms with Crippen molar-refractivity contribution in [3.63, 3.8) is 0 Å². The lowest BCUT2D eigenvalue weighted by atomic mass is 10.1. The minimum absolute atomic E-state index is 0.0251. The Kier molecular flexibility index (Phi) is 4.27. The van der Waals surface area contributed by atoms with E-state index in [9.17, 15) is 14.4 Å². The zero-order chi connectivity index (χ0) is 11.3. The smallest absolute Gasteiger partial charge is 0.293 e. The number of carbonyl (C=O) groups is 3. The van der Waals surface area contributed by atoms with Crippen molar-refractivity contribution in [1.82, 2.24) is 4.90 Å². The molecule has 1 heterocycles. The van der Waals surface area contributed by atoms with Gasteiger partial charge in [0.05, 0.1) is 19.1 Å². The van der Waals surface area contributed by atoms with Crippen LogP contribution in [0.1, 0.15) is 26.2 Å².